The Bertz CT molecular complexity index is 478. The van der Waals surface area contributed by atoms with Gasteiger partial charge in [-0.1, -0.05) is 19.4 Å². The van der Waals surface area contributed by atoms with Crippen LogP contribution in [0.3, 0.4) is 0 Å². The van der Waals surface area contributed by atoms with E-state index in [1.54, 1.807) is 25.1 Å². The fourth-order valence-electron chi connectivity index (χ4n) is 1.52. The number of nitrogens with one attached hydrogen (secondary N) is 2. The van der Waals surface area contributed by atoms with E-state index in [-0.39, 0.29) is 11.0 Å². The first kappa shape index (κ1) is 17.4. The molecule has 0 fully saturated rings. The maximum absolute atomic E-state index is 12.0. The van der Waals surface area contributed by atoms with Crippen LogP contribution in [0.5, 0.6) is 5.75 Å². The zero-order chi connectivity index (χ0) is 15.7. The molecule has 1 unspecified atom stereocenters. The molecule has 0 bridgehead atoms. The first-order chi connectivity index (χ1) is 10.0. The van der Waals surface area contributed by atoms with Crippen molar-refractivity contribution in [2.75, 3.05) is 13.2 Å². The smallest absolute Gasteiger partial charge is 0.257 e. The fourth-order valence-corrected chi connectivity index (χ4v) is 1.70. The fraction of sp³-hybridized carbons (Fsp3) is 0.467. The molecule has 0 aliphatic rings. The Kier molecular flexibility index (Phi) is 7.71. The summed E-state index contributed by atoms with van der Waals surface area (Å²) in [5, 5.41) is 14.7. The van der Waals surface area contributed by atoms with Gasteiger partial charge in [0.25, 0.3) is 5.91 Å². The first-order valence-corrected chi connectivity index (χ1v) is 7.44. The standard InChI is InChI=1S/C15H22N2O3S/c1-3-4-8-20-13-7-5-6-12(9-13)14(19)17-15(21)16-10-11(2)18/h5-7,9,11,18H,3-4,8,10H2,1-2H3,(H2,16,17,19,21). The minimum absolute atomic E-state index is 0.193. The molecular weight excluding hydrogens is 288 g/mol. The summed E-state index contributed by atoms with van der Waals surface area (Å²) in [5.74, 6) is 0.359. The summed E-state index contributed by atoms with van der Waals surface area (Å²) in [6, 6.07) is 6.96. The van der Waals surface area contributed by atoms with Gasteiger partial charge in [0.1, 0.15) is 5.75 Å². The number of ether oxygens (including phenoxy) is 1. The van der Waals surface area contributed by atoms with E-state index in [0.717, 1.165) is 12.8 Å². The largest absolute Gasteiger partial charge is 0.494 e. The SMILES string of the molecule is CCCCOc1cccc(C(=O)NC(=S)NCC(C)O)c1. The van der Waals surface area contributed by atoms with Crippen molar-refractivity contribution in [1.29, 1.82) is 0 Å². The van der Waals surface area contributed by atoms with Crippen LogP contribution in [0.1, 0.15) is 37.0 Å². The molecule has 1 aromatic carbocycles. The second kappa shape index (κ2) is 9.31. The number of carbonyl (C=O) groups is 1. The lowest BCUT2D eigenvalue weighted by Gasteiger charge is -2.11. The van der Waals surface area contributed by atoms with Crippen molar-refractivity contribution in [2.45, 2.75) is 32.8 Å². The quantitative estimate of drug-likeness (QED) is 0.530. The third-order valence-corrected chi connectivity index (χ3v) is 2.89. The molecule has 3 N–H and O–H groups in total. The highest BCUT2D eigenvalue weighted by molar-refractivity contribution is 7.80. The topological polar surface area (TPSA) is 70.6 Å². The summed E-state index contributed by atoms with van der Waals surface area (Å²) in [6.45, 7) is 4.65. The van der Waals surface area contributed by atoms with E-state index in [4.69, 9.17) is 22.1 Å². The minimum atomic E-state index is -0.532. The van der Waals surface area contributed by atoms with Gasteiger partial charge in [-0.3, -0.25) is 10.1 Å². The average Bonchev–Trinajstić information content (AvgIpc) is 2.46. The molecule has 0 saturated heterocycles. The number of hydrogen-bond donors (Lipinski definition) is 3. The summed E-state index contributed by atoms with van der Waals surface area (Å²) in [6.07, 6.45) is 1.50. The highest BCUT2D eigenvalue weighted by atomic mass is 32.1. The summed E-state index contributed by atoms with van der Waals surface area (Å²) < 4.78 is 5.56. The number of aliphatic hydroxyl groups is 1. The van der Waals surface area contributed by atoms with Crippen molar-refractivity contribution >= 4 is 23.2 Å². The molecule has 0 spiro atoms. The van der Waals surface area contributed by atoms with E-state index in [9.17, 15) is 4.79 Å². The Hall–Kier alpha value is -1.66. The molecular formula is C15H22N2O3S. The van der Waals surface area contributed by atoms with Crippen LogP contribution in [0.25, 0.3) is 0 Å². The second-order valence-corrected chi connectivity index (χ2v) is 5.15. The average molecular weight is 310 g/mol. The molecule has 0 radical (unpaired) electrons. The van der Waals surface area contributed by atoms with Crippen molar-refractivity contribution in [3.8, 4) is 5.75 Å². The third kappa shape index (κ3) is 7.06. The van der Waals surface area contributed by atoms with E-state index in [1.165, 1.54) is 0 Å². The summed E-state index contributed by atoms with van der Waals surface area (Å²) >= 11 is 4.98. The number of benzene rings is 1. The maximum atomic E-state index is 12.0. The molecule has 1 atom stereocenters. The van der Waals surface area contributed by atoms with Gasteiger partial charge in [-0.25, -0.2) is 0 Å². The van der Waals surface area contributed by atoms with Crippen molar-refractivity contribution in [1.82, 2.24) is 10.6 Å². The maximum Gasteiger partial charge on any atom is 0.257 e. The van der Waals surface area contributed by atoms with Crippen LogP contribution in [0.15, 0.2) is 24.3 Å². The molecule has 0 aliphatic carbocycles. The van der Waals surface area contributed by atoms with Crippen LogP contribution in [0.2, 0.25) is 0 Å². The number of amides is 1. The number of aliphatic hydroxyl groups excluding tert-OH is 1. The molecule has 116 valence electrons. The van der Waals surface area contributed by atoms with Crippen LogP contribution in [0, 0.1) is 0 Å². The van der Waals surface area contributed by atoms with Crippen LogP contribution in [0.4, 0.5) is 0 Å². The Balaban J connectivity index is 2.53. The highest BCUT2D eigenvalue weighted by Gasteiger charge is 2.09. The third-order valence-electron chi connectivity index (χ3n) is 2.65. The van der Waals surface area contributed by atoms with Gasteiger partial charge in [0.05, 0.1) is 12.7 Å². The number of rotatable bonds is 7. The predicted molar refractivity (Wildman–Crippen MR) is 86.6 cm³/mol. The van der Waals surface area contributed by atoms with E-state index in [1.807, 2.05) is 6.07 Å². The monoisotopic (exact) mass is 310 g/mol. The molecule has 0 saturated carbocycles. The lowest BCUT2D eigenvalue weighted by Crippen LogP contribution is -2.41. The Labute approximate surface area is 130 Å². The number of unbranched alkanes of at least 4 members (excludes halogenated alkanes) is 1. The van der Waals surface area contributed by atoms with Crippen LogP contribution < -0.4 is 15.4 Å². The highest BCUT2D eigenvalue weighted by Crippen LogP contribution is 2.13. The Morgan fingerprint density at radius 1 is 1.48 bits per heavy atom. The van der Waals surface area contributed by atoms with E-state index in [2.05, 4.69) is 17.6 Å². The zero-order valence-corrected chi connectivity index (χ0v) is 13.2. The number of thiocarbonyl (C=S) groups is 1. The van der Waals surface area contributed by atoms with Crippen LogP contribution >= 0.6 is 12.2 Å². The van der Waals surface area contributed by atoms with Crippen molar-refractivity contribution in [3.63, 3.8) is 0 Å². The van der Waals surface area contributed by atoms with Gasteiger partial charge in [-0.15, -0.1) is 0 Å². The minimum Gasteiger partial charge on any atom is -0.494 e. The summed E-state index contributed by atoms with van der Waals surface area (Å²) in [7, 11) is 0. The normalized spacial score (nSPS) is 11.6. The van der Waals surface area contributed by atoms with Gasteiger partial charge in [0.2, 0.25) is 0 Å². The molecule has 0 aliphatic heterocycles. The van der Waals surface area contributed by atoms with Crippen LogP contribution in [-0.4, -0.2) is 35.4 Å². The predicted octanol–water partition coefficient (Wildman–Crippen LogP) is 1.85. The van der Waals surface area contributed by atoms with Gasteiger partial charge in [-0.2, -0.15) is 0 Å². The molecule has 1 aromatic rings. The molecule has 5 nitrogen and oxygen atoms in total. The zero-order valence-electron chi connectivity index (χ0n) is 12.4. The lowest BCUT2D eigenvalue weighted by atomic mass is 10.2. The molecule has 21 heavy (non-hydrogen) atoms. The van der Waals surface area contributed by atoms with Crippen molar-refractivity contribution in [2.24, 2.45) is 0 Å². The van der Waals surface area contributed by atoms with Gasteiger partial charge >= 0.3 is 0 Å². The summed E-state index contributed by atoms with van der Waals surface area (Å²) in [4.78, 5) is 12.0. The van der Waals surface area contributed by atoms with Crippen LogP contribution in [-0.2, 0) is 0 Å². The molecule has 0 aromatic heterocycles. The first-order valence-electron chi connectivity index (χ1n) is 7.03. The molecule has 0 heterocycles. The lowest BCUT2D eigenvalue weighted by molar-refractivity contribution is 0.0975. The summed E-state index contributed by atoms with van der Waals surface area (Å²) in [5.41, 5.74) is 0.477. The molecule has 6 heteroatoms. The Morgan fingerprint density at radius 3 is 2.90 bits per heavy atom. The van der Waals surface area contributed by atoms with E-state index < -0.39 is 6.10 Å². The number of carbonyl (C=O) groups excluding carboxylic acids is 1. The molecule has 1 amide bonds. The number of hydrogen-bond acceptors (Lipinski definition) is 4. The van der Waals surface area contributed by atoms with Crippen molar-refractivity contribution in [3.05, 3.63) is 29.8 Å². The van der Waals surface area contributed by atoms with Gasteiger partial charge in [0, 0.05) is 12.1 Å². The molecule has 1 rings (SSSR count). The van der Waals surface area contributed by atoms with Gasteiger partial charge < -0.3 is 15.2 Å². The van der Waals surface area contributed by atoms with E-state index >= 15 is 0 Å². The second-order valence-electron chi connectivity index (χ2n) is 4.74. The van der Waals surface area contributed by atoms with Crippen molar-refractivity contribution < 1.29 is 14.6 Å². The van der Waals surface area contributed by atoms with Gasteiger partial charge in [-0.05, 0) is 43.8 Å². The van der Waals surface area contributed by atoms with E-state index in [0.29, 0.717) is 24.5 Å². The van der Waals surface area contributed by atoms with Gasteiger partial charge in [0.15, 0.2) is 5.11 Å². The Morgan fingerprint density at radius 2 is 2.24 bits per heavy atom.